The molecule has 17 heavy (non-hydrogen) atoms. The lowest BCUT2D eigenvalue weighted by molar-refractivity contribution is 1.07. The molecule has 3 heteroatoms. The first-order chi connectivity index (χ1) is 7.99. The predicted molar refractivity (Wildman–Crippen MR) is 71.4 cm³/mol. The Morgan fingerprint density at radius 3 is 2.29 bits per heavy atom. The molecule has 0 aliphatic rings. The second kappa shape index (κ2) is 4.46. The van der Waals surface area contributed by atoms with Crippen LogP contribution in [-0.4, -0.2) is 9.97 Å². The van der Waals surface area contributed by atoms with Crippen LogP contribution in [0.1, 0.15) is 22.4 Å². The molecule has 1 aromatic heterocycles. The number of hydrogen-bond donors (Lipinski definition) is 0. The van der Waals surface area contributed by atoms with Crippen molar-refractivity contribution in [2.24, 2.45) is 0 Å². The van der Waals surface area contributed by atoms with E-state index in [4.69, 9.17) is 11.6 Å². The van der Waals surface area contributed by atoms with Crippen molar-refractivity contribution in [2.45, 2.75) is 27.7 Å². The number of benzene rings is 1. The van der Waals surface area contributed by atoms with E-state index in [1.54, 1.807) is 0 Å². The molecule has 0 fully saturated rings. The number of aryl methyl sites for hydroxylation is 3. The quantitative estimate of drug-likeness (QED) is 0.710. The largest absolute Gasteiger partial charge is 0.233 e. The molecule has 0 N–H and O–H groups in total. The molecule has 1 aromatic carbocycles. The van der Waals surface area contributed by atoms with E-state index in [2.05, 4.69) is 35.9 Å². The Hall–Kier alpha value is -1.41. The minimum absolute atomic E-state index is 0.535. The van der Waals surface area contributed by atoms with Gasteiger partial charge in [0.05, 0.1) is 0 Å². The molecular formula is C14H15ClN2. The van der Waals surface area contributed by atoms with Gasteiger partial charge in [-0.2, -0.15) is 0 Å². The summed E-state index contributed by atoms with van der Waals surface area (Å²) in [5.74, 6) is 0.704. The van der Waals surface area contributed by atoms with Crippen LogP contribution in [0.3, 0.4) is 0 Å². The third-order valence-corrected chi connectivity index (χ3v) is 3.32. The van der Waals surface area contributed by atoms with Crippen molar-refractivity contribution >= 4 is 11.6 Å². The Morgan fingerprint density at radius 2 is 1.71 bits per heavy atom. The van der Waals surface area contributed by atoms with E-state index in [0.29, 0.717) is 11.0 Å². The van der Waals surface area contributed by atoms with Gasteiger partial charge in [-0.15, -0.1) is 0 Å². The monoisotopic (exact) mass is 246 g/mol. The van der Waals surface area contributed by atoms with Gasteiger partial charge in [0.25, 0.3) is 0 Å². The van der Waals surface area contributed by atoms with Gasteiger partial charge >= 0.3 is 0 Å². The van der Waals surface area contributed by atoms with Crippen LogP contribution in [0, 0.1) is 27.7 Å². The first-order valence-electron chi connectivity index (χ1n) is 5.57. The highest BCUT2D eigenvalue weighted by Crippen LogP contribution is 2.24. The van der Waals surface area contributed by atoms with Gasteiger partial charge in [0.1, 0.15) is 5.15 Å². The fourth-order valence-corrected chi connectivity index (χ4v) is 2.00. The summed E-state index contributed by atoms with van der Waals surface area (Å²) in [4.78, 5) is 8.85. The zero-order valence-corrected chi connectivity index (χ0v) is 11.3. The van der Waals surface area contributed by atoms with Crippen LogP contribution < -0.4 is 0 Å². The van der Waals surface area contributed by atoms with E-state index in [1.165, 1.54) is 11.1 Å². The van der Waals surface area contributed by atoms with Gasteiger partial charge in [-0.3, -0.25) is 0 Å². The molecule has 0 aliphatic carbocycles. The minimum atomic E-state index is 0.535. The fraction of sp³-hybridized carbons (Fsp3) is 0.286. The third kappa shape index (κ3) is 2.32. The highest BCUT2D eigenvalue weighted by Gasteiger charge is 2.09. The summed E-state index contributed by atoms with van der Waals surface area (Å²) in [5.41, 5.74) is 5.33. The summed E-state index contributed by atoms with van der Waals surface area (Å²) in [7, 11) is 0. The van der Waals surface area contributed by atoms with Gasteiger partial charge in [0.15, 0.2) is 5.82 Å². The molecule has 0 spiro atoms. The standard InChI is InChI=1S/C14H15ClN2/c1-8-5-6-12(9(2)7-8)14-16-11(4)10(3)13(15)17-14/h5-7H,1-4H3. The average Bonchev–Trinajstić information content (AvgIpc) is 2.25. The Morgan fingerprint density at radius 1 is 1.00 bits per heavy atom. The van der Waals surface area contributed by atoms with Crippen molar-refractivity contribution in [3.8, 4) is 11.4 Å². The van der Waals surface area contributed by atoms with Crippen molar-refractivity contribution in [3.05, 3.63) is 45.7 Å². The van der Waals surface area contributed by atoms with Gasteiger partial charge in [-0.25, -0.2) is 9.97 Å². The van der Waals surface area contributed by atoms with Crippen molar-refractivity contribution in [1.82, 2.24) is 9.97 Å². The Balaban J connectivity index is 2.61. The topological polar surface area (TPSA) is 25.8 Å². The zero-order chi connectivity index (χ0) is 12.6. The Bertz CT molecular complexity index is 553. The molecule has 2 aromatic rings. The molecule has 0 saturated carbocycles. The van der Waals surface area contributed by atoms with E-state index in [0.717, 1.165) is 16.8 Å². The smallest absolute Gasteiger partial charge is 0.161 e. The molecule has 0 radical (unpaired) electrons. The minimum Gasteiger partial charge on any atom is -0.233 e. The number of nitrogens with zero attached hydrogens (tertiary/aromatic N) is 2. The summed E-state index contributed by atoms with van der Waals surface area (Å²) in [6, 6.07) is 6.24. The van der Waals surface area contributed by atoms with Crippen LogP contribution in [-0.2, 0) is 0 Å². The number of rotatable bonds is 1. The lowest BCUT2D eigenvalue weighted by Gasteiger charge is -2.08. The van der Waals surface area contributed by atoms with Crippen molar-refractivity contribution in [1.29, 1.82) is 0 Å². The average molecular weight is 247 g/mol. The van der Waals surface area contributed by atoms with Crippen LogP contribution in [0.4, 0.5) is 0 Å². The molecule has 1 heterocycles. The molecule has 0 saturated heterocycles. The summed E-state index contributed by atoms with van der Waals surface area (Å²) < 4.78 is 0. The molecule has 88 valence electrons. The van der Waals surface area contributed by atoms with Gasteiger partial charge in [-0.05, 0) is 33.3 Å². The first kappa shape index (κ1) is 12.1. The fourth-order valence-electron chi connectivity index (χ4n) is 1.78. The lowest BCUT2D eigenvalue weighted by Crippen LogP contribution is -1.98. The normalized spacial score (nSPS) is 10.6. The maximum atomic E-state index is 6.10. The second-order valence-corrected chi connectivity index (χ2v) is 4.72. The number of aromatic nitrogens is 2. The van der Waals surface area contributed by atoms with Crippen molar-refractivity contribution < 1.29 is 0 Å². The second-order valence-electron chi connectivity index (χ2n) is 4.37. The third-order valence-electron chi connectivity index (χ3n) is 2.95. The molecule has 2 nitrogen and oxygen atoms in total. The Kier molecular flexibility index (Phi) is 3.16. The summed E-state index contributed by atoms with van der Waals surface area (Å²) >= 11 is 6.10. The number of hydrogen-bond acceptors (Lipinski definition) is 2. The molecule has 0 aliphatic heterocycles. The maximum Gasteiger partial charge on any atom is 0.161 e. The molecule has 0 bridgehead atoms. The Labute approximate surface area is 107 Å². The van der Waals surface area contributed by atoms with Gasteiger partial charge < -0.3 is 0 Å². The van der Waals surface area contributed by atoms with Crippen LogP contribution in [0.25, 0.3) is 11.4 Å². The highest BCUT2D eigenvalue weighted by atomic mass is 35.5. The van der Waals surface area contributed by atoms with E-state index in [1.807, 2.05) is 19.9 Å². The maximum absolute atomic E-state index is 6.10. The van der Waals surface area contributed by atoms with E-state index < -0.39 is 0 Å². The van der Waals surface area contributed by atoms with E-state index >= 15 is 0 Å². The van der Waals surface area contributed by atoms with Crippen LogP contribution in [0.2, 0.25) is 5.15 Å². The molecule has 2 rings (SSSR count). The summed E-state index contributed by atoms with van der Waals surface area (Å²) in [5, 5.41) is 0.535. The van der Waals surface area contributed by atoms with Crippen molar-refractivity contribution in [3.63, 3.8) is 0 Å². The van der Waals surface area contributed by atoms with Crippen LogP contribution in [0.5, 0.6) is 0 Å². The molecule has 0 unspecified atom stereocenters. The first-order valence-corrected chi connectivity index (χ1v) is 5.95. The SMILES string of the molecule is Cc1ccc(-c2nc(C)c(C)c(Cl)n2)c(C)c1. The lowest BCUT2D eigenvalue weighted by atomic mass is 10.1. The molecule has 0 amide bonds. The molecular weight excluding hydrogens is 232 g/mol. The summed E-state index contributed by atoms with van der Waals surface area (Å²) in [6.45, 7) is 8.03. The van der Waals surface area contributed by atoms with E-state index in [-0.39, 0.29) is 0 Å². The van der Waals surface area contributed by atoms with Crippen molar-refractivity contribution in [2.75, 3.05) is 0 Å². The van der Waals surface area contributed by atoms with E-state index in [9.17, 15) is 0 Å². The number of halogens is 1. The van der Waals surface area contributed by atoms with Crippen LogP contribution >= 0.6 is 11.6 Å². The van der Waals surface area contributed by atoms with Gasteiger partial charge in [0, 0.05) is 16.8 Å². The summed E-state index contributed by atoms with van der Waals surface area (Å²) in [6.07, 6.45) is 0. The zero-order valence-electron chi connectivity index (χ0n) is 10.5. The van der Waals surface area contributed by atoms with Gasteiger partial charge in [-0.1, -0.05) is 35.4 Å². The van der Waals surface area contributed by atoms with Crippen LogP contribution in [0.15, 0.2) is 18.2 Å². The molecule has 0 atom stereocenters. The highest BCUT2D eigenvalue weighted by molar-refractivity contribution is 6.30. The predicted octanol–water partition coefficient (Wildman–Crippen LogP) is 4.03. The van der Waals surface area contributed by atoms with Gasteiger partial charge in [0.2, 0.25) is 0 Å².